The Hall–Kier alpha value is -2.30. The van der Waals surface area contributed by atoms with Crippen LogP contribution in [0.3, 0.4) is 0 Å². The third-order valence-corrected chi connectivity index (χ3v) is 1.64. The van der Waals surface area contributed by atoms with Gasteiger partial charge in [0.1, 0.15) is 5.75 Å². The van der Waals surface area contributed by atoms with Crippen LogP contribution in [-0.2, 0) is 0 Å². The van der Waals surface area contributed by atoms with Gasteiger partial charge in [-0.2, -0.15) is 0 Å². The van der Waals surface area contributed by atoms with Crippen molar-refractivity contribution >= 4 is 5.97 Å². The molecular weight excluding hydrogens is 198 g/mol. The minimum Gasteiger partial charge on any atom is -0.475 e. The van der Waals surface area contributed by atoms with E-state index in [1.165, 1.54) is 18.3 Å². The summed E-state index contributed by atoms with van der Waals surface area (Å²) in [5.41, 5.74) is 0. The monoisotopic (exact) mass is 205 g/mol. The van der Waals surface area contributed by atoms with Gasteiger partial charge in [0.25, 0.3) is 5.95 Å². The second-order valence-electron chi connectivity index (χ2n) is 2.71. The van der Waals surface area contributed by atoms with Crippen molar-refractivity contribution in [3.05, 3.63) is 42.4 Å². The van der Waals surface area contributed by atoms with Crippen LogP contribution in [0.15, 0.2) is 41.1 Å². The van der Waals surface area contributed by atoms with E-state index in [0.29, 0.717) is 5.75 Å². The zero-order valence-corrected chi connectivity index (χ0v) is 7.58. The molecule has 0 spiro atoms. The fourth-order valence-corrected chi connectivity index (χ4v) is 1.01. The number of ether oxygens (including phenoxy) is 1. The summed E-state index contributed by atoms with van der Waals surface area (Å²) in [5, 5.41) is 8.60. The second-order valence-corrected chi connectivity index (χ2v) is 2.71. The molecular formula is C10H7NO4. The number of aromatic carboxylic acids is 1. The second kappa shape index (κ2) is 3.83. The molecule has 1 N–H and O–H groups in total. The number of hydrogen-bond acceptors (Lipinski definition) is 4. The summed E-state index contributed by atoms with van der Waals surface area (Å²) in [6.07, 6.45) is 3.11. The predicted molar refractivity (Wildman–Crippen MR) is 50.0 cm³/mol. The Morgan fingerprint density at radius 3 is 2.87 bits per heavy atom. The molecule has 0 saturated heterocycles. The highest BCUT2D eigenvalue weighted by Gasteiger charge is 2.09. The molecule has 5 nitrogen and oxygen atoms in total. The molecule has 5 heteroatoms. The lowest BCUT2D eigenvalue weighted by Crippen LogP contribution is -1.91. The lowest BCUT2D eigenvalue weighted by atomic mass is 10.4. The zero-order chi connectivity index (χ0) is 10.7. The molecule has 0 radical (unpaired) electrons. The molecule has 0 fully saturated rings. The van der Waals surface area contributed by atoms with Gasteiger partial charge in [0.05, 0.1) is 6.20 Å². The van der Waals surface area contributed by atoms with Gasteiger partial charge in [0, 0.05) is 12.3 Å². The van der Waals surface area contributed by atoms with Crippen molar-refractivity contribution in [2.45, 2.75) is 0 Å². The highest BCUT2D eigenvalue weighted by molar-refractivity contribution is 5.84. The number of furan rings is 1. The number of hydrogen-bond donors (Lipinski definition) is 1. The van der Waals surface area contributed by atoms with Gasteiger partial charge in [-0.1, -0.05) is 0 Å². The molecule has 0 saturated carbocycles. The summed E-state index contributed by atoms with van der Waals surface area (Å²) in [7, 11) is 0. The SMILES string of the molecule is O=C(O)c1ccc(Oc2cccnc2)o1. The number of carbonyl (C=O) groups is 1. The summed E-state index contributed by atoms with van der Waals surface area (Å²) in [6, 6.07) is 6.16. The van der Waals surface area contributed by atoms with Gasteiger partial charge in [-0.15, -0.1) is 0 Å². The Balaban J connectivity index is 2.15. The number of nitrogens with zero attached hydrogens (tertiary/aromatic N) is 1. The van der Waals surface area contributed by atoms with Crippen LogP contribution in [0.2, 0.25) is 0 Å². The van der Waals surface area contributed by atoms with E-state index in [1.807, 2.05) is 0 Å². The van der Waals surface area contributed by atoms with E-state index < -0.39 is 5.97 Å². The number of carboxylic acid groups (broad SMARTS) is 1. The Kier molecular flexibility index (Phi) is 2.37. The fraction of sp³-hybridized carbons (Fsp3) is 0. The molecule has 0 amide bonds. The van der Waals surface area contributed by atoms with Crippen LogP contribution in [0.25, 0.3) is 0 Å². The standard InChI is InChI=1S/C10H7NO4/c12-10(13)8-3-4-9(15-8)14-7-2-1-5-11-6-7/h1-6H,(H,12,13). The van der Waals surface area contributed by atoms with Gasteiger partial charge in [-0.25, -0.2) is 4.79 Å². The van der Waals surface area contributed by atoms with Crippen LogP contribution < -0.4 is 4.74 Å². The van der Waals surface area contributed by atoms with Crippen molar-refractivity contribution in [2.24, 2.45) is 0 Å². The molecule has 0 atom stereocenters. The number of rotatable bonds is 3. The maximum atomic E-state index is 10.5. The molecule has 0 aliphatic heterocycles. The van der Waals surface area contributed by atoms with Crippen molar-refractivity contribution in [2.75, 3.05) is 0 Å². The van der Waals surface area contributed by atoms with Gasteiger partial charge in [-0.05, 0) is 18.2 Å². The van der Waals surface area contributed by atoms with Crippen LogP contribution in [0.4, 0.5) is 0 Å². The summed E-state index contributed by atoms with van der Waals surface area (Å²) in [4.78, 5) is 14.3. The minimum atomic E-state index is -1.13. The molecule has 2 aromatic heterocycles. The first-order valence-electron chi connectivity index (χ1n) is 4.17. The lowest BCUT2D eigenvalue weighted by Gasteiger charge is -1.99. The van der Waals surface area contributed by atoms with Gasteiger partial charge in [-0.3, -0.25) is 4.98 Å². The first kappa shape index (κ1) is 9.26. The molecule has 2 heterocycles. The summed E-state index contributed by atoms with van der Waals surface area (Å²) in [6.45, 7) is 0. The molecule has 0 aromatic carbocycles. The average molecular weight is 205 g/mol. The predicted octanol–water partition coefficient (Wildman–Crippen LogP) is 2.17. The van der Waals surface area contributed by atoms with E-state index >= 15 is 0 Å². The van der Waals surface area contributed by atoms with Crippen molar-refractivity contribution in [1.82, 2.24) is 4.98 Å². The van der Waals surface area contributed by atoms with Gasteiger partial charge in [0.15, 0.2) is 0 Å². The quantitative estimate of drug-likeness (QED) is 0.831. The minimum absolute atomic E-state index is 0.125. The Morgan fingerprint density at radius 2 is 2.27 bits per heavy atom. The fourth-order valence-electron chi connectivity index (χ4n) is 1.01. The van der Waals surface area contributed by atoms with Crippen molar-refractivity contribution in [3.63, 3.8) is 0 Å². The molecule has 0 aliphatic carbocycles. The normalized spacial score (nSPS) is 9.87. The highest BCUT2D eigenvalue weighted by Crippen LogP contribution is 2.22. The van der Waals surface area contributed by atoms with Crippen LogP contribution in [0.5, 0.6) is 11.7 Å². The van der Waals surface area contributed by atoms with Gasteiger partial charge >= 0.3 is 5.97 Å². The maximum Gasteiger partial charge on any atom is 0.371 e. The number of aromatic nitrogens is 1. The van der Waals surface area contributed by atoms with Crippen molar-refractivity contribution < 1.29 is 19.1 Å². The summed E-state index contributed by atoms with van der Waals surface area (Å²) < 4.78 is 10.1. The lowest BCUT2D eigenvalue weighted by molar-refractivity contribution is 0.0657. The Morgan fingerprint density at radius 1 is 1.40 bits per heavy atom. The number of carboxylic acids is 1. The zero-order valence-electron chi connectivity index (χ0n) is 7.58. The van der Waals surface area contributed by atoms with Crippen molar-refractivity contribution in [1.29, 1.82) is 0 Å². The topological polar surface area (TPSA) is 72.6 Å². The van der Waals surface area contributed by atoms with E-state index in [4.69, 9.17) is 14.3 Å². The third-order valence-electron chi connectivity index (χ3n) is 1.64. The van der Waals surface area contributed by atoms with Crippen LogP contribution in [0, 0.1) is 0 Å². The van der Waals surface area contributed by atoms with E-state index in [-0.39, 0.29) is 11.7 Å². The van der Waals surface area contributed by atoms with Crippen LogP contribution in [-0.4, -0.2) is 16.1 Å². The molecule has 2 aromatic rings. The van der Waals surface area contributed by atoms with Gasteiger partial charge < -0.3 is 14.3 Å². The average Bonchev–Trinajstić information content (AvgIpc) is 2.68. The highest BCUT2D eigenvalue weighted by atomic mass is 16.6. The maximum absolute atomic E-state index is 10.5. The summed E-state index contributed by atoms with van der Waals surface area (Å²) in [5.74, 6) is -0.672. The number of pyridine rings is 1. The van der Waals surface area contributed by atoms with E-state index in [9.17, 15) is 4.79 Å². The summed E-state index contributed by atoms with van der Waals surface area (Å²) >= 11 is 0. The first-order chi connectivity index (χ1) is 7.25. The molecule has 0 bridgehead atoms. The van der Waals surface area contributed by atoms with Gasteiger partial charge in [0.2, 0.25) is 5.76 Å². The van der Waals surface area contributed by atoms with Crippen LogP contribution in [0.1, 0.15) is 10.6 Å². The molecule has 76 valence electrons. The first-order valence-corrected chi connectivity index (χ1v) is 4.17. The smallest absolute Gasteiger partial charge is 0.371 e. The van der Waals surface area contributed by atoms with Crippen LogP contribution >= 0.6 is 0 Å². The largest absolute Gasteiger partial charge is 0.475 e. The molecule has 2 rings (SSSR count). The van der Waals surface area contributed by atoms with Crippen molar-refractivity contribution in [3.8, 4) is 11.7 Å². The Labute approximate surface area is 84.9 Å². The van der Waals surface area contributed by atoms with E-state index in [1.54, 1.807) is 18.3 Å². The molecule has 15 heavy (non-hydrogen) atoms. The molecule has 0 unspecified atom stereocenters. The third kappa shape index (κ3) is 2.14. The van der Waals surface area contributed by atoms with E-state index in [0.717, 1.165) is 0 Å². The Bertz CT molecular complexity index is 463. The molecule has 0 aliphatic rings. The van der Waals surface area contributed by atoms with E-state index in [2.05, 4.69) is 4.98 Å².